The van der Waals surface area contributed by atoms with Crippen LogP contribution in [-0.4, -0.2) is 19.8 Å². The van der Waals surface area contributed by atoms with Crippen molar-refractivity contribution in [1.82, 2.24) is 4.72 Å². The summed E-state index contributed by atoms with van der Waals surface area (Å²) in [4.78, 5) is 0.213. The molecule has 0 bridgehead atoms. The van der Waals surface area contributed by atoms with Gasteiger partial charge >= 0.3 is 0 Å². The van der Waals surface area contributed by atoms with Crippen molar-refractivity contribution in [2.45, 2.75) is 42.0 Å². The van der Waals surface area contributed by atoms with Crippen LogP contribution in [0.1, 0.15) is 24.8 Å². The zero-order valence-electron chi connectivity index (χ0n) is 10.3. The molecule has 0 spiro atoms. The van der Waals surface area contributed by atoms with E-state index in [0.717, 1.165) is 24.8 Å². The zero-order chi connectivity index (χ0) is 13.9. The van der Waals surface area contributed by atoms with E-state index in [1.165, 1.54) is 12.1 Å². The fraction of sp³-hybridized carbons (Fsp3) is 0.462. The van der Waals surface area contributed by atoms with Crippen LogP contribution in [0, 0.1) is 11.3 Å². The van der Waals surface area contributed by atoms with E-state index in [1.807, 2.05) is 6.07 Å². The van der Waals surface area contributed by atoms with Crippen LogP contribution in [0.3, 0.4) is 0 Å². The molecule has 6 heteroatoms. The van der Waals surface area contributed by atoms with Crippen molar-refractivity contribution in [2.75, 3.05) is 0 Å². The Morgan fingerprint density at radius 2 is 2.00 bits per heavy atom. The van der Waals surface area contributed by atoms with Crippen LogP contribution in [0.2, 0.25) is 0 Å². The maximum Gasteiger partial charge on any atom is 0.240 e. The third-order valence-electron chi connectivity index (χ3n) is 3.25. The molecule has 102 valence electrons. The summed E-state index contributed by atoms with van der Waals surface area (Å²) in [7, 11) is -3.53. The first-order chi connectivity index (χ1) is 9.03. The highest BCUT2D eigenvalue weighted by atomic mass is 35.5. The van der Waals surface area contributed by atoms with E-state index in [0.29, 0.717) is 0 Å². The van der Waals surface area contributed by atoms with Crippen LogP contribution in [0.25, 0.3) is 0 Å². The van der Waals surface area contributed by atoms with Crippen molar-refractivity contribution in [1.29, 1.82) is 5.26 Å². The number of benzene rings is 1. The van der Waals surface area contributed by atoms with Crippen molar-refractivity contribution in [3.05, 3.63) is 29.8 Å². The van der Waals surface area contributed by atoms with Crippen molar-refractivity contribution >= 4 is 21.6 Å². The monoisotopic (exact) mass is 298 g/mol. The van der Waals surface area contributed by atoms with Gasteiger partial charge in [0.2, 0.25) is 10.0 Å². The first-order valence-corrected chi connectivity index (χ1v) is 8.07. The van der Waals surface area contributed by atoms with Crippen molar-refractivity contribution in [2.24, 2.45) is 0 Å². The second kappa shape index (κ2) is 5.91. The molecule has 1 aliphatic rings. The van der Waals surface area contributed by atoms with E-state index in [2.05, 4.69) is 4.72 Å². The van der Waals surface area contributed by atoms with Crippen LogP contribution < -0.4 is 4.72 Å². The van der Waals surface area contributed by atoms with Gasteiger partial charge in [-0.25, -0.2) is 13.1 Å². The molecule has 1 aromatic rings. The minimum Gasteiger partial charge on any atom is -0.207 e. The molecule has 0 amide bonds. The smallest absolute Gasteiger partial charge is 0.207 e. The minimum absolute atomic E-state index is 0.132. The largest absolute Gasteiger partial charge is 0.240 e. The van der Waals surface area contributed by atoms with E-state index < -0.39 is 10.0 Å². The van der Waals surface area contributed by atoms with Crippen LogP contribution in [0.4, 0.5) is 0 Å². The van der Waals surface area contributed by atoms with Gasteiger partial charge in [0.1, 0.15) is 0 Å². The average molecular weight is 299 g/mol. The summed E-state index contributed by atoms with van der Waals surface area (Å²) >= 11 is 6.08. The Balaban J connectivity index is 2.13. The van der Waals surface area contributed by atoms with Gasteiger partial charge < -0.3 is 0 Å². The quantitative estimate of drug-likeness (QED) is 0.866. The van der Waals surface area contributed by atoms with Gasteiger partial charge in [-0.3, -0.25) is 0 Å². The summed E-state index contributed by atoms with van der Waals surface area (Å²) in [5.74, 6) is 0. The molecule has 1 saturated carbocycles. The van der Waals surface area contributed by atoms with Gasteiger partial charge in [0.25, 0.3) is 0 Å². The molecule has 2 rings (SSSR count). The highest BCUT2D eigenvalue weighted by Crippen LogP contribution is 2.25. The Labute approximate surface area is 118 Å². The lowest BCUT2D eigenvalue weighted by atomic mass is 10.2. The maximum atomic E-state index is 12.2. The molecule has 0 heterocycles. The molecule has 2 unspecified atom stereocenters. The maximum absolute atomic E-state index is 12.2. The summed E-state index contributed by atoms with van der Waals surface area (Å²) in [6.07, 6.45) is 2.85. The van der Waals surface area contributed by atoms with Gasteiger partial charge in [0.15, 0.2) is 0 Å². The number of halogens is 1. The standard InChI is InChI=1S/C13H15ClN2O2S/c14-12-2-1-3-13(12)16-19(17,18)11-6-4-10(5-7-11)8-9-15/h4-7,12-13,16H,1-3,8H2. The van der Waals surface area contributed by atoms with Gasteiger partial charge in [-0.05, 0) is 30.5 Å². The van der Waals surface area contributed by atoms with Gasteiger partial charge in [-0.1, -0.05) is 18.6 Å². The fourth-order valence-electron chi connectivity index (χ4n) is 2.19. The van der Waals surface area contributed by atoms with Crippen molar-refractivity contribution in [3.63, 3.8) is 0 Å². The van der Waals surface area contributed by atoms with Gasteiger partial charge in [0, 0.05) is 11.4 Å². The SMILES string of the molecule is N#CCc1ccc(S(=O)(=O)NC2CCCC2Cl)cc1. The summed E-state index contributed by atoms with van der Waals surface area (Å²) in [5.41, 5.74) is 0.803. The molecule has 1 aromatic carbocycles. The lowest BCUT2D eigenvalue weighted by Crippen LogP contribution is -2.37. The molecular formula is C13H15ClN2O2S. The van der Waals surface area contributed by atoms with Crippen LogP contribution in [0.5, 0.6) is 0 Å². The van der Waals surface area contributed by atoms with Gasteiger partial charge in [-0.15, -0.1) is 11.6 Å². The first-order valence-electron chi connectivity index (χ1n) is 6.15. The number of nitriles is 1. The number of rotatable bonds is 4. The number of hydrogen-bond acceptors (Lipinski definition) is 3. The van der Waals surface area contributed by atoms with Crippen LogP contribution >= 0.6 is 11.6 Å². The summed E-state index contributed by atoms with van der Waals surface area (Å²) < 4.78 is 27.0. The fourth-order valence-corrected chi connectivity index (χ4v) is 3.92. The normalized spacial score (nSPS) is 23.2. The number of nitrogens with one attached hydrogen (secondary N) is 1. The Morgan fingerprint density at radius 1 is 1.32 bits per heavy atom. The van der Waals surface area contributed by atoms with E-state index in [9.17, 15) is 8.42 Å². The number of nitrogens with zero attached hydrogens (tertiary/aromatic N) is 1. The Hall–Kier alpha value is -1.09. The van der Waals surface area contributed by atoms with E-state index in [4.69, 9.17) is 16.9 Å². The van der Waals surface area contributed by atoms with E-state index in [1.54, 1.807) is 12.1 Å². The molecule has 4 nitrogen and oxygen atoms in total. The molecule has 0 aromatic heterocycles. The zero-order valence-corrected chi connectivity index (χ0v) is 11.9. The van der Waals surface area contributed by atoms with E-state index in [-0.39, 0.29) is 22.7 Å². The van der Waals surface area contributed by atoms with Crippen LogP contribution in [0.15, 0.2) is 29.2 Å². The Bertz CT molecular complexity index is 578. The lowest BCUT2D eigenvalue weighted by Gasteiger charge is -2.16. The number of alkyl halides is 1. The van der Waals surface area contributed by atoms with Gasteiger partial charge in [0.05, 0.1) is 17.4 Å². The highest BCUT2D eigenvalue weighted by molar-refractivity contribution is 7.89. The molecule has 0 saturated heterocycles. The first kappa shape index (κ1) is 14.3. The molecule has 2 atom stereocenters. The van der Waals surface area contributed by atoms with Crippen molar-refractivity contribution < 1.29 is 8.42 Å². The minimum atomic E-state index is -3.53. The summed E-state index contributed by atoms with van der Waals surface area (Å²) in [5, 5.41) is 8.44. The average Bonchev–Trinajstić information content (AvgIpc) is 2.75. The second-order valence-electron chi connectivity index (χ2n) is 4.65. The molecule has 0 radical (unpaired) electrons. The molecule has 19 heavy (non-hydrogen) atoms. The molecule has 1 N–H and O–H groups in total. The Kier molecular flexibility index (Phi) is 4.46. The predicted octanol–water partition coefficient (Wildman–Crippen LogP) is 2.19. The molecule has 0 aliphatic heterocycles. The summed E-state index contributed by atoms with van der Waals surface area (Å²) in [6.45, 7) is 0. The molecule has 1 fully saturated rings. The number of hydrogen-bond donors (Lipinski definition) is 1. The third-order valence-corrected chi connectivity index (χ3v) is 5.28. The van der Waals surface area contributed by atoms with Gasteiger partial charge in [-0.2, -0.15) is 5.26 Å². The second-order valence-corrected chi connectivity index (χ2v) is 6.93. The Morgan fingerprint density at radius 3 is 2.53 bits per heavy atom. The lowest BCUT2D eigenvalue weighted by molar-refractivity contribution is 0.554. The molecular weight excluding hydrogens is 284 g/mol. The third kappa shape index (κ3) is 3.47. The predicted molar refractivity (Wildman–Crippen MR) is 73.4 cm³/mol. The van der Waals surface area contributed by atoms with E-state index >= 15 is 0 Å². The highest BCUT2D eigenvalue weighted by Gasteiger charge is 2.29. The van der Waals surface area contributed by atoms with Crippen LogP contribution in [-0.2, 0) is 16.4 Å². The van der Waals surface area contributed by atoms with Crippen molar-refractivity contribution in [3.8, 4) is 6.07 Å². The number of sulfonamides is 1. The summed E-state index contributed by atoms with van der Waals surface area (Å²) in [6, 6.07) is 8.19. The molecule has 1 aliphatic carbocycles. The topological polar surface area (TPSA) is 70.0 Å².